The summed E-state index contributed by atoms with van der Waals surface area (Å²) in [4.78, 5) is 33.9. The molecule has 3 heterocycles. The lowest BCUT2D eigenvalue weighted by molar-refractivity contribution is -0.119. The molecule has 0 saturated carbocycles. The highest BCUT2D eigenvalue weighted by Gasteiger charge is 2.44. The van der Waals surface area contributed by atoms with Crippen molar-refractivity contribution in [3.8, 4) is 0 Å². The predicted octanol–water partition coefficient (Wildman–Crippen LogP) is 4.02. The number of carbonyl (C=O) groups excluding carboxylic acids is 2. The number of aryl methyl sites for hydroxylation is 1. The van der Waals surface area contributed by atoms with E-state index in [-0.39, 0.29) is 11.8 Å². The van der Waals surface area contributed by atoms with Crippen molar-refractivity contribution in [1.82, 2.24) is 9.88 Å². The number of methoxy groups -OCH3 is 1. The first-order valence-electron chi connectivity index (χ1n) is 9.76. The first kappa shape index (κ1) is 20.3. The maximum atomic E-state index is 13.6. The van der Waals surface area contributed by atoms with Crippen LogP contribution in [0.5, 0.6) is 0 Å². The summed E-state index contributed by atoms with van der Waals surface area (Å²) in [6.07, 6.45) is 1.67. The monoisotopic (exact) mass is 421 g/mol. The fourth-order valence-corrected chi connectivity index (χ4v) is 4.77. The molecule has 0 fully saturated rings. The van der Waals surface area contributed by atoms with Crippen LogP contribution >= 0.6 is 11.3 Å². The van der Waals surface area contributed by atoms with E-state index in [2.05, 4.69) is 10.3 Å². The Morgan fingerprint density at radius 2 is 2.07 bits per heavy atom. The summed E-state index contributed by atoms with van der Waals surface area (Å²) in [6, 6.07) is 14.6. The minimum atomic E-state index is -0.559. The maximum absolute atomic E-state index is 13.6. The van der Waals surface area contributed by atoms with Gasteiger partial charge in [-0.25, -0.2) is 4.98 Å². The molecule has 0 saturated heterocycles. The van der Waals surface area contributed by atoms with Crippen LogP contribution in [0.3, 0.4) is 0 Å². The van der Waals surface area contributed by atoms with Crippen LogP contribution in [-0.4, -0.2) is 42.0 Å². The van der Waals surface area contributed by atoms with Gasteiger partial charge in [-0.15, -0.1) is 11.3 Å². The molecule has 0 aliphatic carbocycles. The van der Waals surface area contributed by atoms with Crippen molar-refractivity contribution in [3.63, 3.8) is 0 Å². The van der Waals surface area contributed by atoms with Gasteiger partial charge in [0, 0.05) is 30.3 Å². The van der Waals surface area contributed by atoms with Crippen molar-refractivity contribution < 1.29 is 14.3 Å². The molecule has 7 heteroatoms. The summed E-state index contributed by atoms with van der Waals surface area (Å²) in [6.45, 7) is 2.75. The molecular formula is C23H23N3O3S. The summed E-state index contributed by atoms with van der Waals surface area (Å²) >= 11 is 1.54. The highest BCUT2D eigenvalue weighted by Crippen LogP contribution is 2.44. The van der Waals surface area contributed by atoms with Gasteiger partial charge in [-0.3, -0.25) is 9.59 Å². The standard InChI is InChI=1S/C23H23N3O3S/c1-15-9-10-24-19(14-15)25-22(27)20-16-6-3-4-7-17(16)23(28)26(11-12-29-2)21(20)18-8-5-13-30-18/h3-10,13-14,20-21H,11-12H2,1-2H3,(H,24,25,27)/t20-,21-/m1/s1. The quantitative estimate of drug-likeness (QED) is 0.653. The third-order valence-electron chi connectivity index (χ3n) is 5.26. The van der Waals surface area contributed by atoms with Gasteiger partial charge in [0.05, 0.1) is 18.6 Å². The zero-order valence-corrected chi connectivity index (χ0v) is 17.7. The first-order chi connectivity index (χ1) is 14.6. The Hall–Kier alpha value is -3.03. The van der Waals surface area contributed by atoms with E-state index in [9.17, 15) is 9.59 Å². The Morgan fingerprint density at radius 1 is 1.23 bits per heavy atom. The van der Waals surface area contributed by atoms with Gasteiger partial charge in [-0.05, 0) is 47.7 Å². The van der Waals surface area contributed by atoms with Crippen LogP contribution in [0.25, 0.3) is 0 Å². The minimum absolute atomic E-state index is 0.0845. The number of hydrogen-bond donors (Lipinski definition) is 1. The van der Waals surface area contributed by atoms with Crippen molar-refractivity contribution in [2.45, 2.75) is 18.9 Å². The number of fused-ring (bicyclic) bond motifs is 1. The Morgan fingerprint density at radius 3 is 2.80 bits per heavy atom. The molecule has 2 atom stereocenters. The van der Waals surface area contributed by atoms with Crippen molar-refractivity contribution in [1.29, 1.82) is 0 Å². The van der Waals surface area contributed by atoms with Gasteiger partial charge >= 0.3 is 0 Å². The molecule has 0 radical (unpaired) electrons. The van der Waals surface area contributed by atoms with Gasteiger partial charge in [0.25, 0.3) is 5.91 Å². The Balaban J connectivity index is 1.80. The molecule has 1 aliphatic heterocycles. The summed E-state index contributed by atoms with van der Waals surface area (Å²) in [7, 11) is 1.61. The number of rotatable bonds is 6. The number of anilines is 1. The van der Waals surface area contributed by atoms with Crippen LogP contribution < -0.4 is 5.32 Å². The van der Waals surface area contributed by atoms with E-state index >= 15 is 0 Å². The Bertz CT molecular complexity index is 1050. The average molecular weight is 422 g/mol. The van der Waals surface area contributed by atoms with Crippen LogP contribution in [0.4, 0.5) is 5.82 Å². The van der Waals surface area contributed by atoms with Crippen molar-refractivity contribution >= 4 is 29.0 Å². The predicted molar refractivity (Wildman–Crippen MR) is 117 cm³/mol. The molecule has 0 bridgehead atoms. The lowest BCUT2D eigenvalue weighted by Gasteiger charge is -2.41. The number of hydrogen-bond acceptors (Lipinski definition) is 5. The third kappa shape index (κ3) is 3.86. The molecule has 4 rings (SSSR count). The summed E-state index contributed by atoms with van der Waals surface area (Å²) < 4.78 is 5.25. The SMILES string of the molecule is COCCN1C(=O)c2ccccc2[C@@H](C(=O)Nc2cc(C)ccn2)[C@H]1c1cccs1. The Kier molecular flexibility index (Phi) is 5.92. The number of nitrogens with zero attached hydrogens (tertiary/aromatic N) is 2. The average Bonchev–Trinajstić information content (AvgIpc) is 3.27. The maximum Gasteiger partial charge on any atom is 0.254 e. The lowest BCUT2D eigenvalue weighted by Crippen LogP contribution is -2.47. The number of carbonyl (C=O) groups is 2. The van der Waals surface area contributed by atoms with E-state index in [1.54, 1.807) is 35.6 Å². The molecule has 1 aliphatic rings. The molecule has 6 nitrogen and oxygen atoms in total. The normalized spacial score (nSPS) is 18.2. The largest absolute Gasteiger partial charge is 0.383 e. The van der Waals surface area contributed by atoms with E-state index in [0.29, 0.717) is 24.5 Å². The molecule has 2 amide bonds. The number of amides is 2. The molecule has 154 valence electrons. The summed E-state index contributed by atoms with van der Waals surface area (Å²) in [5.41, 5.74) is 2.30. The molecular weight excluding hydrogens is 398 g/mol. The molecule has 0 unspecified atom stereocenters. The fraction of sp³-hybridized carbons (Fsp3) is 0.261. The zero-order valence-electron chi connectivity index (χ0n) is 16.9. The van der Waals surface area contributed by atoms with Crippen molar-refractivity contribution in [2.75, 3.05) is 25.6 Å². The van der Waals surface area contributed by atoms with E-state index in [1.807, 2.05) is 54.8 Å². The van der Waals surface area contributed by atoms with Crippen molar-refractivity contribution in [3.05, 3.63) is 81.7 Å². The van der Waals surface area contributed by atoms with E-state index in [4.69, 9.17) is 4.74 Å². The van der Waals surface area contributed by atoms with Crippen LogP contribution in [0.15, 0.2) is 60.1 Å². The molecule has 1 N–H and O–H groups in total. The smallest absolute Gasteiger partial charge is 0.254 e. The molecule has 30 heavy (non-hydrogen) atoms. The molecule has 1 aromatic carbocycles. The highest BCUT2D eigenvalue weighted by molar-refractivity contribution is 7.10. The highest BCUT2D eigenvalue weighted by atomic mass is 32.1. The molecule has 2 aromatic heterocycles. The van der Waals surface area contributed by atoms with Gasteiger partial charge < -0.3 is 15.0 Å². The topological polar surface area (TPSA) is 71.5 Å². The number of thiophene rings is 1. The fourth-order valence-electron chi connectivity index (χ4n) is 3.89. The van der Waals surface area contributed by atoms with E-state index in [0.717, 1.165) is 16.0 Å². The number of pyridine rings is 1. The first-order valence-corrected chi connectivity index (χ1v) is 10.6. The number of nitrogens with one attached hydrogen (secondary N) is 1. The van der Waals surface area contributed by atoms with Crippen LogP contribution in [0, 0.1) is 6.92 Å². The lowest BCUT2D eigenvalue weighted by atomic mass is 9.81. The van der Waals surface area contributed by atoms with Crippen LogP contribution in [0.2, 0.25) is 0 Å². The number of benzene rings is 1. The second-order valence-corrected chi connectivity index (χ2v) is 8.20. The minimum Gasteiger partial charge on any atom is -0.383 e. The van der Waals surface area contributed by atoms with Crippen molar-refractivity contribution in [2.24, 2.45) is 0 Å². The second kappa shape index (κ2) is 8.77. The zero-order chi connectivity index (χ0) is 21.1. The summed E-state index contributed by atoms with van der Waals surface area (Å²) in [5.74, 6) is -0.327. The van der Waals surface area contributed by atoms with Crippen LogP contribution in [0.1, 0.15) is 38.3 Å². The van der Waals surface area contributed by atoms with Gasteiger partial charge in [-0.2, -0.15) is 0 Å². The Labute approximate surface area is 179 Å². The number of ether oxygens (including phenoxy) is 1. The van der Waals surface area contributed by atoms with E-state index in [1.165, 1.54) is 0 Å². The van der Waals surface area contributed by atoms with E-state index < -0.39 is 12.0 Å². The van der Waals surface area contributed by atoms with Gasteiger partial charge in [0.1, 0.15) is 5.82 Å². The summed E-state index contributed by atoms with van der Waals surface area (Å²) in [5, 5.41) is 4.93. The molecule has 0 spiro atoms. The number of aromatic nitrogens is 1. The third-order valence-corrected chi connectivity index (χ3v) is 6.20. The van der Waals surface area contributed by atoms with Gasteiger partial charge in [0.15, 0.2) is 0 Å². The van der Waals surface area contributed by atoms with Crippen LogP contribution in [-0.2, 0) is 9.53 Å². The molecule has 3 aromatic rings. The van der Waals surface area contributed by atoms with Gasteiger partial charge in [-0.1, -0.05) is 24.3 Å². The van der Waals surface area contributed by atoms with Gasteiger partial charge in [0.2, 0.25) is 5.91 Å². The second-order valence-electron chi connectivity index (χ2n) is 7.22.